The van der Waals surface area contributed by atoms with Gasteiger partial charge in [-0.15, -0.1) is 0 Å². The molecule has 1 aliphatic carbocycles. The van der Waals surface area contributed by atoms with Crippen LogP contribution in [-0.2, 0) is 0 Å². The van der Waals surface area contributed by atoms with Crippen LogP contribution < -0.4 is 5.32 Å². The summed E-state index contributed by atoms with van der Waals surface area (Å²) in [7, 11) is 0. The van der Waals surface area contributed by atoms with Gasteiger partial charge in [0.15, 0.2) is 0 Å². The first-order valence-corrected chi connectivity index (χ1v) is 8.17. The van der Waals surface area contributed by atoms with Crippen LogP contribution in [-0.4, -0.2) is 6.04 Å². The summed E-state index contributed by atoms with van der Waals surface area (Å²) in [6.07, 6.45) is 2.14. The van der Waals surface area contributed by atoms with E-state index in [4.69, 9.17) is 11.6 Å². The van der Waals surface area contributed by atoms with E-state index in [1.165, 1.54) is 5.56 Å². The van der Waals surface area contributed by atoms with Gasteiger partial charge >= 0.3 is 0 Å². The summed E-state index contributed by atoms with van der Waals surface area (Å²) in [5, 5.41) is 4.21. The molecule has 1 nitrogen and oxygen atoms in total. The molecular formula is C17H16BrClFN. The van der Waals surface area contributed by atoms with Crippen LogP contribution in [0.15, 0.2) is 40.9 Å². The molecule has 110 valence electrons. The molecule has 0 unspecified atom stereocenters. The molecule has 1 aliphatic rings. The number of benzene rings is 2. The van der Waals surface area contributed by atoms with Gasteiger partial charge in [-0.3, -0.25) is 0 Å². The average Bonchev–Trinajstić information content (AvgIpc) is 2.40. The predicted octanol–water partition coefficient (Wildman–Crippen LogP) is 5.91. The highest BCUT2D eigenvalue weighted by Gasteiger charge is 2.30. The number of anilines is 1. The molecule has 0 aliphatic heterocycles. The van der Waals surface area contributed by atoms with Gasteiger partial charge in [-0.1, -0.05) is 23.7 Å². The molecule has 0 radical (unpaired) electrons. The molecule has 21 heavy (non-hydrogen) atoms. The van der Waals surface area contributed by atoms with E-state index in [1.807, 2.05) is 25.1 Å². The second-order valence-corrected chi connectivity index (χ2v) is 6.93. The molecule has 1 N–H and O–H groups in total. The zero-order chi connectivity index (χ0) is 15.0. The summed E-state index contributed by atoms with van der Waals surface area (Å²) in [5.41, 5.74) is 3.27. The van der Waals surface area contributed by atoms with Crippen LogP contribution in [0.3, 0.4) is 0 Å². The highest BCUT2D eigenvalue weighted by Crippen LogP contribution is 2.39. The lowest BCUT2D eigenvalue weighted by Crippen LogP contribution is -2.34. The van der Waals surface area contributed by atoms with Crippen LogP contribution >= 0.6 is 27.5 Å². The third kappa shape index (κ3) is 3.24. The van der Waals surface area contributed by atoms with E-state index in [0.29, 0.717) is 16.4 Å². The van der Waals surface area contributed by atoms with Gasteiger partial charge in [-0.05, 0) is 77.0 Å². The summed E-state index contributed by atoms with van der Waals surface area (Å²) in [4.78, 5) is 0. The van der Waals surface area contributed by atoms with Crippen molar-refractivity contribution in [1.29, 1.82) is 0 Å². The average molecular weight is 369 g/mol. The summed E-state index contributed by atoms with van der Waals surface area (Å²) in [6, 6.07) is 11.8. The smallest absolute Gasteiger partial charge is 0.139 e. The quantitative estimate of drug-likeness (QED) is 0.710. The standard InChI is InChI=1S/C17H16BrClFN/c1-10-6-15(18)16(20)9-17(10)21-14-7-12(8-14)11-2-4-13(19)5-3-11/h2-6,9,12,14,21H,7-8H2,1H3. The molecule has 2 aromatic rings. The van der Waals surface area contributed by atoms with E-state index in [1.54, 1.807) is 6.07 Å². The van der Waals surface area contributed by atoms with Gasteiger partial charge < -0.3 is 5.32 Å². The minimum atomic E-state index is -0.225. The maximum atomic E-state index is 13.6. The highest BCUT2D eigenvalue weighted by molar-refractivity contribution is 9.10. The van der Waals surface area contributed by atoms with Crippen LogP contribution in [0.2, 0.25) is 5.02 Å². The second kappa shape index (κ2) is 5.98. The van der Waals surface area contributed by atoms with Crippen molar-refractivity contribution in [2.24, 2.45) is 0 Å². The van der Waals surface area contributed by atoms with Crippen LogP contribution in [0.5, 0.6) is 0 Å². The fourth-order valence-electron chi connectivity index (χ4n) is 2.76. The number of aryl methyl sites for hydroxylation is 1. The van der Waals surface area contributed by atoms with Gasteiger partial charge in [0.25, 0.3) is 0 Å². The number of nitrogens with one attached hydrogen (secondary N) is 1. The van der Waals surface area contributed by atoms with Crippen molar-refractivity contribution in [1.82, 2.24) is 0 Å². The number of hydrogen-bond acceptors (Lipinski definition) is 1. The molecular weight excluding hydrogens is 353 g/mol. The Morgan fingerprint density at radius 3 is 2.52 bits per heavy atom. The van der Waals surface area contributed by atoms with Crippen molar-refractivity contribution >= 4 is 33.2 Å². The van der Waals surface area contributed by atoms with Crippen molar-refractivity contribution in [3.05, 3.63) is 62.8 Å². The topological polar surface area (TPSA) is 12.0 Å². The zero-order valence-electron chi connectivity index (χ0n) is 11.7. The molecule has 0 saturated heterocycles. The molecule has 1 fully saturated rings. The molecule has 0 spiro atoms. The van der Waals surface area contributed by atoms with Gasteiger partial charge in [-0.25, -0.2) is 4.39 Å². The van der Waals surface area contributed by atoms with Gasteiger partial charge in [0.05, 0.1) is 4.47 Å². The molecule has 0 heterocycles. The fourth-order valence-corrected chi connectivity index (χ4v) is 3.35. The van der Waals surface area contributed by atoms with E-state index >= 15 is 0 Å². The molecule has 4 heteroatoms. The summed E-state index contributed by atoms with van der Waals surface area (Å²) >= 11 is 9.12. The van der Waals surface area contributed by atoms with Crippen molar-refractivity contribution in [2.75, 3.05) is 5.32 Å². The Kier molecular flexibility index (Phi) is 4.23. The number of hydrogen-bond donors (Lipinski definition) is 1. The SMILES string of the molecule is Cc1cc(Br)c(F)cc1NC1CC(c2ccc(Cl)cc2)C1. The third-order valence-corrected chi connectivity index (χ3v) is 4.97. The normalized spacial score (nSPS) is 21.0. The molecule has 0 amide bonds. The van der Waals surface area contributed by atoms with Crippen LogP contribution in [0.4, 0.5) is 10.1 Å². The molecule has 0 bridgehead atoms. The van der Waals surface area contributed by atoms with Gasteiger partial charge in [-0.2, -0.15) is 0 Å². The van der Waals surface area contributed by atoms with Crippen LogP contribution in [0.1, 0.15) is 29.9 Å². The summed E-state index contributed by atoms with van der Waals surface area (Å²) < 4.78 is 14.1. The van der Waals surface area contributed by atoms with Crippen molar-refractivity contribution < 1.29 is 4.39 Å². The Balaban J connectivity index is 1.62. The first-order chi connectivity index (χ1) is 10.0. The van der Waals surface area contributed by atoms with Gasteiger partial charge in [0, 0.05) is 16.8 Å². The van der Waals surface area contributed by atoms with Crippen LogP contribution in [0.25, 0.3) is 0 Å². The lowest BCUT2D eigenvalue weighted by atomic mass is 9.76. The van der Waals surface area contributed by atoms with E-state index in [0.717, 1.165) is 29.1 Å². The molecule has 2 aromatic carbocycles. The largest absolute Gasteiger partial charge is 0.382 e. The maximum Gasteiger partial charge on any atom is 0.139 e. The second-order valence-electron chi connectivity index (χ2n) is 5.64. The minimum Gasteiger partial charge on any atom is -0.382 e. The Morgan fingerprint density at radius 2 is 1.86 bits per heavy atom. The Bertz CT molecular complexity index is 651. The van der Waals surface area contributed by atoms with E-state index < -0.39 is 0 Å². The monoisotopic (exact) mass is 367 g/mol. The summed E-state index contributed by atoms with van der Waals surface area (Å²) in [6.45, 7) is 1.99. The lowest BCUT2D eigenvalue weighted by Gasteiger charge is -2.37. The van der Waals surface area contributed by atoms with E-state index in [9.17, 15) is 4.39 Å². The zero-order valence-corrected chi connectivity index (χ0v) is 14.0. The highest BCUT2D eigenvalue weighted by atomic mass is 79.9. The fraction of sp³-hybridized carbons (Fsp3) is 0.294. The first kappa shape index (κ1) is 14.9. The molecule has 1 saturated carbocycles. The van der Waals surface area contributed by atoms with Crippen LogP contribution in [0, 0.1) is 12.7 Å². The van der Waals surface area contributed by atoms with E-state index in [2.05, 4.69) is 33.4 Å². The Morgan fingerprint density at radius 1 is 1.19 bits per heavy atom. The van der Waals surface area contributed by atoms with Crippen molar-refractivity contribution in [2.45, 2.75) is 31.7 Å². The third-order valence-electron chi connectivity index (χ3n) is 4.11. The van der Waals surface area contributed by atoms with Gasteiger partial charge in [0.2, 0.25) is 0 Å². The molecule has 0 atom stereocenters. The number of halogens is 3. The minimum absolute atomic E-state index is 0.225. The van der Waals surface area contributed by atoms with Crippen molar-refractivity contribution in [3.8, 4) is 0 Å². The van der Waals surface area contributed by atoms with E-state index in [-0.39, 0.29) is 5.82 Å². The summed E-state index contributed by atoms with van der Waals surface area (Å²) in [5.74, 6) is 0.344. The Hall–Kier alpha value is -1.06. The first-order valence-electron chi connectivity index (χ1n) is 7.00. The van der Waals surface area contributed by atoms with Crippen molar-refractivity contribution in [3.63, 3.8) is 0 Å². The van der Waals surface area contributed by atoms with Gasteiger partial charge in [0.1, 0.15) is 5.82 Å². The predicted molar refractivity (Wildman–Crippen MR) is 89.7 cm³/mol. The molecule has 3 rings (SSSR count). The number of rotatable bonds is 3. The molecule has 0 aromatic heterocycles. The lowest BCUT2D eigenvalue weighted by molar-refractivity contribution is 0.374. The Labute approximate surface area is 137 Å². The maximum absolute atomic E-state index is 13.6.